The van der Waals surface area contributed by atoms with Crippen LogP contribution in [0.5, 0.6) is 0 Å². The van der Waals surface area contributed by atoms with E-state index in [2.05, 4.69) is 54.2 Å². The number of hydrogen-bond donors (Lipinski definition) is 2. The second kappa shape index (κ2) is 5.02. The molecule has 0 aromatic heterocycles. The first kappa shape index (κ1) is 13.0. The number of benzene rings is 2. The van der Waals surface area contributed by atoms with E-state index in [1.165, 1.54) is 16.7 Å². The van der Waals surface area contributed by atoms with Crippen molar-refractivity contribution in [3.8, 4) is 0 Å². The van der Waals surface area contributed by atoms with E-state index in [4.69, 9.17) is 5.73 Å². The van der Waals surface area contributed by atoms with E-state index in [1.807, 2.05) is 18.2 Å². The molecule has 0 saturated carbocycles. The van der Waals surface area contributed by atoms with Gasteiger partial charge in [-0.05, 0) is 67.8 Å². The van der Waals surface area contributed by atoms with Crippen LogP contribution in [0.1, 0.15) is 16.7 Å². The molecule has 3 N–H and O–H groups in total. The molecule has 0 spiro atoms. The van der Waals surface area contributed by atoms with E-state index < -0.39 is 0 Å². The average molecular weight is 305 g/mol. The first-order valence-corrected chi connectivity index (χ1v) is 6.66. The van der Waals surface area contributed by atoms with Crippen LogP contribution in [0.3, 0.4) is 0 Å². The van der Waals surface area contributed by atoms with Crippen LogP contribution in [-0.4, -0.2) is 0 Å². The molecule has 0 heterocycles. The summed E-state index contributed by atoms with van der Waals surface area (Å²) in [4.78, 5) is 0. The van der Waals surface area contributed by atoms with Crippen LogP contribution in [0, 0.1) is 20.8 Å². The molecule has 2 aromatic rings. The Balaban J connectivity index is 2.34. The maximum absolute atomic E-state index is 6.03. The minimum Gasteiger partial charge on any atom is -0.397 e. The van der Waals surface area contributed by atoms with E-state index >= 15 is 0 Å². The summed E-state index contributed by atoms with van der Waals surface area (Å²) in [6, 6.07) is 10.3. The smallest absolute Gasteiger partial charge is 0.0620 e. The summed E-state index contributed by atoms with van der Waals surface area (Å²) >= 11 is 3.50. The Labute approximate surface area is 116 Å². The van der Waals surface area contributed by atoms with Gasteiger partial charge in [-0.25, -0.2) is 0 Å². The second-order valence-corrected chi connectivity index (χ2v) is 5.47. The highest BCUT2D eigenvalue weighted by molar-refractivity contribution is 9.10. The van der Waals surface area contributed by atoms with Gasteiger partial charge < -0.3 is 11.1 Å². The quantitative estimate of drug-likeness (QED) is 0.789. The van der Waals surface area contributed by atoms with Gasteiger partial charge in [-0.2, -0.15) is 0 Å². The Morgan fingerprint density at radius 2 is 1.61 bits per heavy atom. The normalized spacial score (nSPS) is 10.4. The van der Waals surface area contributed by atoms with Crippen LogP contribution in [0.25, 0.3) is 0 Å². The zero-order chi connectivity index (χ0) is 13.3. The molecule has 0 atom stereocenters. The van der Waals surface area contributed by atoms with Crippen molar-refractivity contribution < 1.29 is 0 Å². The molecule has 2 nitrogen and oxygen atoms in total. The van der Waals surface area contributed by atoms with Crippen LogP contribution in [0.2, 0.25) is 0 Å². The molecule has 0 aliphatic heterocycles. The summed E-state index contributed by atoms with van der Waals surface area (Å²) in [5.41, 5.74) is 12.5. The van der Waals surface area contributed by atoms with Crippen molar-refractivity contribution in [3.05, 3.63) is 51.5 Å². The third kappa shape index (κ3) is 2.67. The first-order chi connectivity index (χ1) is 8.47. The van der Waals surface area contributed by atoms with Gasteiger partial charge in [-0.15, -0.1) is 0 Å². The molecule has 0 aliphatic carbocycles. The molecule has 18 heavy (non-hydrogen) atoms. The molecule has 0 fully saturated rings. The lowest BCUT2D eigenvalue weighted by molar-refractivity contribution is 1.33. The highest BCUT2D eigenvalue weighted by Gasteiger charge is 2.04. The maximum atomic E-state index is 6.03. The van der Waals surface area contributed by atoms with E-state index in [0.717, 1.165) is 21.5 Å². The number of nitrogens with one attached hydrogen (secondary N) is 1. The molecule has 0 radical (unpaired) electrons. The van der Waals surface area contributed by atoms with Gasteiger partial charge in [0, 0.05) is 10.2 Å². The van der Waals surface area contributed by atoms with Crippen molar-refractivity contribution in [1.29, 1.82) is 0 Å². The number of nitrogens with two attached hydrogens (primary N) is 1. The van der Waals surface area contributed by atoms with Crippen molar-refractivity contribution in [1.82, 2.24) is 0 Å². The first-order valence-electron chi connectivity index (χ1n) is 5.87. The summed E-state index contributed by atoms with van der Waals surface area (Å²) in [7, 11) is 0. The van der Waals surface area contributed by atoms with Gasteiger partial charge in [0.15, 0.2) is 0 Å². The third-order valence-corrected chi connectivity index (χ3v) is 3.99. The Bertz CT molecular complexity index is 591. The number of hydrogen-bond acceptors (Lipinski definition) is 2. The highest BCUT2D eigenvalue weighted by Crippen LogP contribution is 2.28. The Kier molecular flexibility index (Phi) is 3.62. The lowest BCUT2D eigenvalue weighted by atomic mass is 10.1. The Morgan fingerprint density at radius 3 is 2.28 bits per heavy atom. The lowest BCUT2D eigenvalue weighted by Gasteiger charge is -2.13. The molecular formula is C15H17BrN2. The molecule has 94 valence electrons. The van der Waals surface area contributed by atoms with Crippen molar-refractivity contribution in [2.45, 2.75) is 20.8 Å². The molecule has 2 rings (SSSR count). The number of halogens is 1. The van der Waals surface area contributed by atoms with E-state index in [0.29, 0.717) is 0 Å². The fraction of sp³-hybridized carbons (Fsp3) is 0.200. The topological polar surface area (TPSA) is 38.0 Å². The average Bonchev–Trinajstić information content (AvgIpc) is 2.31. The molecule has 3 heteroatoms. The number of aryl methyl sites for hydroxylation is 3. The minimum absolute atomic E-state index is 0.777. The summed E-state index contributed by atoms with van der Waals surface area (Å²) in [6.45, 7) is 6.23. The van der Waals surface area contributed by atoms with Gasteiger partial charge in [0.2, 0.25) is 0 Å². The summed E-state index contributed by atoms with van der Waals surface area (Å²) in [5.74, 6) is 0. The zero-order valence-corrected chi connectivity index (χ0v) is 12.4. The van der Waals surface area contributed by atoms with E-state index in [1.54, 1.807) is 0 Å². The van der Waals surface area contributed by atoms with Crippen LogP contribution in [0.4, 0.5) is 17.1 Å². The molecule has 2 aromatic carbocycles. The van der Waals surface area contributed by atoms with Crippen LogP contribution in [-0.2, 0) is 0 Å². The number of nitrogen functional groups attached to an aromatic ring is 1. The number of rotatable bonds is 2. The Morgan fingerprint density at radius 1 is 0.944 bits per heavy atom. The predicted molar refractivity (Wildman–Crippen MR) is 82.5 cm³/mol. The van der Waals surface area contributed by atoms with Gasteiger partial charge in [-0.1, -0.05) is 15.9 Å². The standard InChI is InChI=1S/C15H17BrN2/c1-9-7-14(17)15(8-10(9)2)18-12-4-5-13(16)11(3)6-12/h4-8,18H,17H2,1-3H3. The van der Waals surface area contributed by atoms with Gasteiger partial charge in [0.25, 0.3) is 0 Å². The van der Waals surface area contributed by atoms with Crippen LogP contribution in [0.15, 0.2) is 34.8 Å². The lowest BCUT2D eigenvalue weighted by Crippen LogP contribution is -1.98. The van der Waals surface area contributed by atoms with Gasteiger partial charge in [-0.3, -0.25) is 0 Å². The van der Waals surface area contributed by atoms with Crippen molar-refractivity contribution in [2.75, 3.05) is 11.1 Å². The van der Waals surface area contributed by atoms with Crippen LogP contribution >= 0.6 is 15.9 Å². The second-order valence-electron chi connectivity index (χ2n) is 4.61. The third-order valence-electron chi connectivity index (χ3n) is 3.10. The van der Waals surface area contributed by atoms with E-state index in [-0.39, 0.29) is 0 Å². The van der Waals surface area contributed by atoms with Crippen molar-refractivity contribution in [2.24, 2.45) is 0 Å². The molecule has 0 amide bonds. The van der Waals surface area contributed by atoms with Gasteiger partial charge in [0.1, 0.15) is 0 Å². The van der Waals surface area contributed by atoms with E-state index in [9.17, 15) is 0 Å². The van der Waals surface area contributed by atoms with Crippen molar-refractivity contribution >= 4 is 33.0 Å². The summed E-state index contributed by atoms with van der Waals surface area (Å²) in [5, 5.41) is 3.36. The Hall–Kier alpha value is -1.48. The molecule has 0 aliphatic rings. The zero-order valence-electron chi connectivity index (χ0n) is 10.8. The fourth-order valence-corrected chi connectivity index (χ4v) is 2.07. The molecule has 0 bridgehead atoms. The summed E-state index contributed by atoms with van der Waals surface area (Å²) < 4.78 is 1.11. The van der Waals surface area contributed by atoms with Gasteiger partial charge >= 0.3 is 0 Å². The summed E-state index contributed by atoms with van der Waals surface area (Å²) in [6.07, 6.45) is 0. The van der Waals surface area contributed by atoms with Crippen LogP contribution < -0.4 is 11.1 Å². The number of anilines is 3. The molecular weight excluding hydrogens is 288 g/mol. The monoisotopic (exact) mass is 304 g/mol. The largest absolute Gasteiger partial charge is 0.397 e. The highest BCUT2D eigenvalue weighted by atomic mass is 79.9. The predicted octanol–water partition coefficient (Wildman–Crippen LogP) is 4.70. The minimum atomic E-state index is 0.777. The van der Waals surface area contributed by atoms with Crippen molar-refractivity contribution in [3.63, 3.8) is 0 Å². The fourth-order valence-electron chi connectivity index (χ4n) is 1.82. The molecule has 0 unspecified atom stereocenters. The van der Waals surface area contributed by atoms with Gasteiger partial charge in [0.05, 0.1) is 11.4 Å². The SMILES string of the molecule is Cc1cc(N)c(Nc2ccc(Br)c(C)c2)cc1C. The maximum Gasteiger partial charge on any atom is 0.0620 e. The molecule has 0 saturated heterocycles.